The van der Waals surface area contributed by atoms with Gasteiger partial charge in [0.2, 0.25) is 16.0 Å². The van der Waals surface area contributed by atoms with E-state index in [1.807, 2.05) is 0 Å². The molecule has 1 saturated heterocycles. The summed E-state index contributed by atoms with van der Waals surface area (Å²) in [5, 5.41) is 6.76. The van der Waals surface area contributed by atoms with Crippen molar-refractivity contribution in [1.29, 1.82) is 0 Å². The van der Waals surface area contributed by atoms with Crippen LogP contribution in [0.3, 0.4) is 0 Å². The van der Waals surface area contributed by atoms with Crippen molar-refractivity contribution in [1.82, 2.24) is 24.6 Å². The molecule has 206 valence electrons. The van der Waals surface area contributed by atoms with E-state index in [2.05, 4.69) is 42.1 Å². The molecule has 1 fully saturated rings. The third-order valence-electron chi connectivity index (χ3n) is 6.75. The van der Waals surface area contributed by atoms with Gasteiger partial charge in [0.15, 0.2) is 11.6 Å². The molecule has 0 saturated carbocycles. The molecule has 0 aliphatic carbocycles. The number of piperazine rings is 1. The number of hydrogen-bond acceptors (Lipinski definition) is 8. The van der Waals surface area contributed by atoms with E-state index >= 15 is 8.78 Å². The van der Waals surface area contributed by atoms with Crippen LogP contribution in [0.1, 0.15) is 12.5 Å². The maximum Gasteiger partial charge on any atom is 0.231 e. The van der Waals surface area contributed by atoms with Crippen molar-refractivity contribution in [3.63, 3.8) is 0 Å². The SMILES string of the molecule is CCN1CCN(c2c(F)cc(Nc3nc(Nc4ccccc4CS(=O)(=O)NC)c4cc[nH]c4n3)cc2F)CC1. The average Bonchev–Trinajstić information content (AvgIpc) is 3.39. The van der Waals surface area contributed by atoms with Crippen LogP contribution in [0.4, 0.5) is 37.6 Å². The number of hydrogen-bond donors (Lipinski definition) is 4. The van der Waals surface area contributed by atoms with Gasteiger partial charge in [-0.1, -0.05) is 25.1 Å². The molecule has 2 aromatic carbocycles. The second-order valence-electron chi connectivity index (χ2n) is 9.22. The molecule has 4 aromatic rings. The molecule has 5 rings (SSSR count). The van der Waals surface area contributed by atoms with Crippen LogP contribution < -0.4 is 20.3 Å². The standard InChI is InChI=1S/C26H30F2N8O2S/c1-3-35-10-12-36(13-11-35)23-20(27)14-18(15-21(23)28)31-26-33-24-19(8-9-30-24)25(34-26)32-22-7-5-4-6-17(22)16-39(37,38)29-2/h4-9,14-15,29H,3,10-13,16H2,1-2H3,(H3,30,31,32,33,34). The normalized spacial score (nSPS) is 14.6. The van der Waals surface area contributed by atoms with Crippen molar-refractivity contribution in [3.8, 4) is 0 Å². The molecular weight excluding hydrogens is 526 g/mol. The maximum atomic E-state index is 15.1. The Bertz CT molecular complexity index is 1560. The molecule has 0 amide bonds. The van der Waals surface area contributed by atoms with Crippen LogP contribution in [-0.2, 0) is 15.8 Å². The lowest BCUT2D eigenvalue weighted by molar-refractivity contribution is 0.269. The van der Waals surface area contributed by atoms with E-state index in [9.17, 15) is 8.42 Å². The number of benzene rings is 2. The molecule has 1 aliphatic rings. The molecule has 3 heterocycles. The lowest BCUT2D eigenvalue weighted by Crippen LogP contribution is -2.46. The highest BCUT2D eigenvalue weighted by Gasteiger charge is 2.23. The summed E-state index contributed by atoms with van der Waals surface area (Å²) in [6.07, 6.45) is 1.69. The van der Waals surface area contributed by atoms with Gasteiger partial charge in [-0.2, -0.15) is 9.97 Å². The number of aromatic nitrogens is 3. The zero-order valence-electron chi connectivity index (χ0n) is 21.6. The van der Waals surface area contributed by atoms with E-state index < -0.39 is 21.7 Å². The fraction of sp³-hybridized carbons (Fsp3) is 0.308. The van der Waals surface area contributed by atoms with Crippen molar-refractivity contribution in [2.75, 3.05) is 55.3 Å². The van der Waals surface area contributed by atoms with Gasteiger partial charge in [0.05, 0.1) is 11.1 Å². The summed E-state index contributed by atoms with van der Waals surface area (Å²) in [5.74, 6) is -1.06. The Morgan fingerprint density at radius 3 is 2.41 bits per heavy atom. The molecular formula is C26H30F2N8O2S. The lowest BCUT2D eigenvalue weighted by atomic mass is 10.2. The first-order valence-electron chi connectivity index (χ1n) is 12.6. The molecule has 0 spiro atoms. The molecule has 0 radical (unpaired) electrons. The zero-order chi connectivity index (χ0) is 27.6. The van der Waals surface area contributed by atoms with Crippen LogP contribution >= 0.6 is 0 Å². The summed E-state index contributed by atoms with van der Waals surface area (Å²) in [6.45, 7) is 5.57. The minimum atomic E-state index is -3.51. The van der Waals surface area contributed by atoms with Crippen molar-refractivity contribution < 1.29 is 17.2 Å². The first-order valence-corrected chi connectivity index (χ1v) is 14.3. The van der Waals surface area contributed by atoms with E-state index in [1.54, 1.807) is 41.4 Å². The number of nitrogens with zero attached hydrogens (tertiary/aromatic N) is 4. The summed E-state index contributed by atoms with van der Waals surface area (Å²) in [6, 6.07) is 11.2. The summed E-state index contributed by atoms with van der Waals surface area (Å²) in [5.41, 5.74) is 1.71. The molecule has 39 heavy (non-hydrogen) atoms. The van der Waals surface area contributed by atoms with Crippen LogP contribution in [-0.4, -0.2) is 68.0 Å². The molecule has 1 aliphatic heterocycles. The number of sulfonamides is 1. The Hall–Kier alpha value is -3.81. The van der Waals surface area contributed by atoms with E-state index in [0.29, 0.717) is 41.2 Å². The van der Waals surface area contributed by atoms with Gasteiger partial charge in [-0.25, -0.2) is 21.9 Å². The number of anilines is 5. The number of aromatic amines is 1. The number of nitrogens with one attached hydrogen (secondary N) is 4. The third kappa shape index (κ3) is 5.95. The number of fused-ring (bicyclic) bond motifs is 1. The molecule has 2 aromatic heterocycles. The fourth-order valence-electron chi connectivity index (χ4n) is 4.62. The summed E-state index contributed by atoms with van der Waals surface area (Å²) >= 11 is 0. The second-order valence-corrected chi connectivity index (χ2v) is 11.1. The van der Waals surface area contributed by atoms with Gasteiger partial charge < -0.3 is 25.4 Å². The Kier molecular flexibility index (Phi) is 7.64. The van der Waals surface area contributed by atoms with Crippen LogP contribution in [0.25, 0.3) is 11.0 Å². The van der Waals surface area contributed by atoms with E-state index in [-0.39, 0.29) is 23.1 Å². The topological polar surface area (TPSA) is 118 Å². The first kappa shape index (κ1) is 26.8. The Morgan fingerprint density at radius 2 is 1.72 bits per heavy atom. The minimum Gasteiger partial charge on any atom is -0.364 e. The molecule has 0 bridgehead atoms. The number of H-pyrrole nitrogens is 1. The van der Waals surface area contributed by atoms with Gasteiger partial charge >= 0.3 is 0 Å². The molecule has 0 atom stereocenters. The van der Waals surface area contributed by atoms with E-state index in [0.717, 1.165) is 19.6 Å². The van der Waals surface area contributed by atoms with Gasteiger partial charge in [-0.3, -0.25) is 0 Å². The molecule has 10 nitrogen and oxygen atoms in total. The minimum absolute atomic E-state index is 0.0347. The Labute approximate surface area is 225 Å². The van der Waals surface area contributed by atoms with Crippen LogP contribution in [0.5, 0.6) is 0 Å². The van der Waals surface area contributed by atoms with Gasteiger partial charge in [0.1, 0.15) is 17.2 Å². The fourth-order valence-corrected chi connectivity index (χ4v) is 5.43. The second kappa shape index (κ2) is 11.1. The Morgan fingerprint density at radius 1 is 1.00 bits per heavy atom. The van der Waals surface area contributed by atoms with Gasteiger partial charge in [-0.15, -0.1) is 0 Å². The maximum absolute atomic E-state index is 15.1. The number of rotatable bonds is 9. The average molecular weight is 557 g/mol. The summed E-state index contributed by atoms with van der Waals surface area (Å²) in [4.78, 5) is 16.0. The van der Waals surface area contributed by atoms with Crippen molar-refractivity contribution >= 4 is 49.9 Å². The van der Waals surface area contributed by atoms with Crippen LogP contribution in [0, 0.1) is 11.6 Å². The van der Waals surface area contributed by atoms with Gasteiger partial charge in [-0.05, 0) is 43.4 Å². The van der Waals surface area contributed by atoms with Gasteiger partial charge in [0.25, 0.3) is 0 Å². The van der Waals surface area contributed by atoms with Crippen molar-refractivity contribution in [2.24, 2.45) is 0 Å². The number of likely N-dealkylation sites (N-methyl/N-ethyl adjacent to an activating group) is 1. The van der Waals surface area contributed by atoms with Crippen LogP contribution in [0.2, 0.25) is 0 Å². The largest absolute Gasteiger partial charge is 0.364 e. The van der Waals surface area contributed by atoms with E-state index in [1.165, 1.54) is 19.2 Å². The highest BCUT2D eigenvalue weighted by molar-refractivity contribution is 7.88. The summed E-state index contributed by atoms with van der Waals surface area (Å²) < 4.78 is 56.9. The zero-order valence-corrected chi connectivity index (χ0v) is 22.4. The smallest absolute Gasteiger partial charge is 0.231 e. The third-order valence-corrected chi connectivity index (χ3v) is 8.06. The lowest BCUT2D eigenvalue weighted by Gasteiger charge is -2.35. The predicted octanol–water partition coefficient (Wildman–Crippen LogP) is 3.91. The quantitative estimate of drug-likeness (QED) is 0.245. The molecule has 0 unspecified atom stereocenters. The molecule has 13 heteroatoms. The predicted molar refractivity (Wildman–Crippen MR) is 149 cm³/mol. The number of para-hydroxylation sites is 1. The van der Waals surface area contributed by atoms with Crippen molar-refractivity contribution in [2.45, 2.75) is 12.7 Å². The van der Waals surface area contributed by atoms with E-state index in [4.69, 9.17) is 0 Å². The Balaban J connectivity index is 1.42. The van der Waals surface area contributed by atoms with Crippen molar-refractivity contribution in [3.05, 3.63) is 65.9 Å². The van der Waals surface area contributed by atoms with Gasteiger partial charge in [0, 0.05) is 43.8 Å². The monoisotopic (exact) mass is 556 g/mol. The summed E-state index contributed by atoms with van der Waals surface area (Å²) in [7, 11) is -2.15. The highest BCUT2D eigenvalue weighted by Crippen LogP contribution is 2.31. The number of halogens is 2. The first-order chi connectivity index (χ1) is 18.8. The molecule has 4 N–H and O–H groups in total. The highest BCUT2D eigenvalue weighted by atomic mass is 32.2. The van der Waals surface area contributed by atoms with Crippen LogP contribution in [0.15, 0.2) is 48.7 Å².